The zero-order chi connectivity index (χ0) is 16.3. The number of carbonyl (C=O) groups excluding carboxylic acids is 3. The fourth-order valence-corrected chi connectivity index (χ4v) is 2.79. The first-order chi connectivity index (χ1) is 10.4. The number of halogens is 1. The highest BCUT2D eigenvalue weighted by molar-refractivity contribution is 9.10. The van der Waals surface area contributed by atoms with Crippen LogP contribution in [-0.4, -0.2) is 30.8 Å². The molecule has 0 radical (unpaired) electrons. The molecule has 1 aromatic rings. The molecule has 1 saturated heterocycles. The summed E-state index contributed by atoms with van der Waals surface area (Å²) in [5.41, 5.74) is 1.70. The highest BCUT2D eigenvalue weighted by Gasteiger charge is 2.37. The zero-order valence-electron chi connectivity index (χ0n) is 12.4. The van der Waals surface area contributed by atoms with Crippen molar-refractivity contribution in [3.8, 4) is 0 Å². The number of hydrogen-bond acceptors (Lipinski definition) is 4. The van der Waals surface area contributed by atoms with E-state index in [1.165, 1.54) is 0 Å². The highest BCUT2D eigenvalue weighted by Crippen LogP contribution is 2.20. The number of amides is 3. The van der Waals surface area contributed by atoms with E-state index in [1.54, 1.807) is 6.92 Å². The summed E-state index contributed by atoms with van der Waals surface area (Å²) < 4.78 is 0.951. The Morgan fingerprint density at radius 3 is 2.64 bits per heavy atom. The molecule has 0 bridgehead atoms. The largest absolute Gasteiger partial charge is 0.325 e. The lowest BCUT2D eigenvalue weighted by Crippen LogP contribution is -2.35. The second-order valence-corrected chi connectivity index (χ2v) is 6.30. The average molecular weight is 368 g/mol. The molecule has 1 aliphatic heterocycles. The van der Waals surface area contributed by atoms with E-state index < -0.39 is 5.92 Å². The molecule has 1 aromatic carbocycles. The predicted octanol–water partition coefficient (Wildman–Crippen LogP) is 1.19. The van der Waals surface area contributed by atoms with Gasteiger partial charge in [0.05, 0.1) is 12.5 Å². The molecule has 22 heavy (non-hydrogen) atoms. The normalized spacial score (nSPS) is 20.9. The standard InChI is InChI=1S/C15H18BrN3O3/c1-8-5-10(16)3-4-12(8)18-13(20)7-17-6-11-9(2)14(21)19-15(11)22/h3-5,9,11,17H,6-7H2,1-2H3,(H,18,20)(H,19,21,22)/t9-,11+/m0/s1. The minimum Gasteiger partial charge on any atom is -0.325 e. The second kappa shape index (κ2) is 7.02. The Hall–Kier alpha value is -1.73. The maximum atomic E-state index is 11.9. The first-order valence-electron chi connectivity index (χ1n) is 7.00. The lowest BCUT2D eigenvalue weighted by Gasteiger charge is -2.13. The Bertz CT molecular complexity index is 618. The Morgan fingerprint density at radius 2 is 2.05 bits per heavy atom. The molecule has 0 saturated carbocycles. The summed E-state index contributed by atoms with van der Waals surface area (Å²) in [7, 11) is 0. The Kier molecular flexibility index (Phi) is 5.31. The topological polar surface area (TPSA) is 87.3 Å². The van der Waals surface area contributed by atoms with E-state index in [4.69, 9.17) is 0 Å². The molecule has 0 spiro atoms. The summed E-state index contributed by atoms with van der Waals surface area (Å²) in [6, 6.07) is 5.59. The monoisotopic (exact) mass is 367 g/mol. The highest BCUT2D eigenvalue weighted by atomic mass is 79.9. The minimum absolute atomic E-state index is 0.0835. The maximum Gasteiger partial charge on any atom is 0.238 e. The predicted molar refractivity (Wildman–Crippen MR) is 86.2 cm³/mol. The van der Waals surface area contributed by atoms with Crippen LogP contribution in [0.15, 0.2) is 22.7 Å². The maximum absolute atomic E-state index is 11.9. The van der Waals surface area contributed by atoms with E-state index in [0.717, 1.165) is 15.7 Å². The van der Waals surface area contributed by atoms with Gasteiger partial charge in [-0.3, -0.25) is 19.7 Å². The van der Waals surface area contributed by atoms with Gasteiger partial charge in [0, 0.05) is 22.6 Å². The van der Waals surface area contributed by atoms with Gasteiger partial charge in [-0.05, 0) is 30.7 Å². The van der Waals surface area contributed by atoms with Gasteiger partial charge in [0.15, 0.2) is 0 Å². The molecule has 118 valence electrons. The van der Waals surface area contributed by atoms with Crippen molar-refractivity contribution >= 4 is 39.3 Å². The molecule has 1 fully saturated rings. The summed E-state index contributed by atoms with van der Waals surface area (Å²) in [4.78, 5) is 34.8. The van der Waals surface area contributed by atoms with Gasteiger partial charge in [-0.15, -0.1) is 0 Å². The minimum atomic E-state index is -0.422. The van der Waals surface area contributed by atoms with E-state index >= 15 is 0 Å². The summed E-state index contributed by atoms with van der Waals surface area (Å²) in [5, 5.41) is 8.01. The number of nitrogens with one attached hydrogen (secondary N) is 3. The summed E-state index contributed by atoms with van der Waals surface area (Å²) in [5.74, 6) is -1.52. The van der Waals surface area contributed by atoms with Gasteiger partial charge in [-0.1, -0.05) is 22.9 Å². The number of hydrogen-bond donors (Lipinski definition) is 3. The third-order valence-electron chi connectivity index (χ3n) is 3.71. The van der Waals surface area contributed by atoms with Crippen LogP contribution >= 0.6 is 15.9 Å². The first-order valence-corrected chi connectivity index (χ1v) is 7.79. The van der Waals surface area contributed by atoms with Gasteiger partial charge >= 0.3 is 0 Å². The molecule has 3 N–H and O–H groups in total. The van der Waals surface area contributed by atoms with Gasteiger partial charge < -0.3 is 10.6 Å². The molecule has 7 heteroatoms. The lowest BCUT2D eigenvalue weighted by atomic mass is 9.97. The average Bonchev–Trinajstić information content (AvgIpc) is 2.68. The van der Waals surface area contributed by atoms with Crippen molar-refractivity contribution in [2.45, 2.75) is 13.8 Å². The number of anilines is 1. The van der Waals surface area contributed by atoms with E-state index in [9.17, 15) is 14.4 Å². The molecule has 3 amide bonds. The molecule has 1 heterocycles. The van der Waals surface area contributed by atoms with Gasteiger partial charge in [0.1, 0.15) is 0 Å². The number of benzene rings is 1. The number of aryl methyl sites for hydroxylation is 1. The van der Waals surface area contributed by atoms with Crippen molar-refractivity contribution in [3.63, 3.8) is 0 Å². The van der Waals surface area contributed by atoms with Crippen molar-refractivity contribution < 1.29 is 14.4 Å². The summed E-state index contributed by atoms with van der Waals surface area (Å²) in [6.07, 6.45) is 0. The van der Waals surface area contributed by atoms with E-state index in [2.05, 4.69) is 31.9 Å². The van der Waals surface area contributed by atoms with Crippen LogP contribution in [0, 0.1) is 18.8 Å². The molecule has 0 unspecified atom stereocenters. The third kappa shape index (κ3) is 3.92. The van der Waals surface area contributed by atoms with E-state index in [1.807, 2.05) is 25.1 Å². The zero-order valence-corrected chi connectivity index (χ0v) is 14.0. The van der Waals surface area contributed by atoms with Gasteiger partial charge in [-0.2, -0.15) is 0 Å². The molecule has 0 aromatic heterocycles. The van der Waals surface area contributed by atoms with Crippen molar-refractivity contribution in [3.05, 3.63) is 28.2 Å². The van der Waals surface area contributed by atoms with Crippen molar-refractivity contribution in [1.82, 2.24) is 10.6 Å². The fourth-order valence-electron chi connectivity index (χ4n) is 2.31. The van der Waals surface area contributed by atoms with Crippen LogP contribution in [0.3, 0.4) is 0 Å². The quantitative estimate of drug-likeness (QED) is 0.682. The second-order valence-electron chi connectivity index (χ2n) is 5.39. The Balaban J connectivity index is 1.81. The van der Waals surface area contributed by atoms with Crippen LogP contribution in [0.2, 0.25) is 0 Å². The van der Waals surface area contributed by atoms with Crippen molar-refractivity contribution in [2.24, 2.45) is 11.8 Å². The molecule has 2 atom stereocenters. The van der Waals surface area contributed by atoms with E-state index in [0.29, 0.717) is 6.54 Å². The SMILES string of the molecule is Cc1cc(Br)ccc1NC(=O)CNC[C@H]1C(=O)NC(=O)[C@H]1C. The number of rotatable bonds is 5. The van der Waals surface area contributed by atoms with Gasteiger partial charge in [-0.25, -0.2) is 0 Å². The fraction of sp³-hybridized carbons (Fsp3) is 0.400. The van der Waals surface area contributed by atoms with Crippen molar-refractivity contribution in [1.29, 1.82) is 0 Å². The van der Waals surface area contributed by atoms with Crippen LogP contribution in [0.4, 0.5) is 5.69 Å². The van der Waals surface area contributed by atoms with Crippen LogP contribution in [0.1, 0.15) is 12.5 Å². The third-order valence-corrected chi connectivity index (χ3v) is 4.21. The molecule has 2 rings (SSSR count). The summed E-state index contributed by atoms with van der Waals surface area (Å²) >= 11 is 3.37. The Morgan fingerprint density at radius 1 is 1.32 bits per heavy atom. The molecule has 1 aliphatic rings. The van der Waals surface area contributed by atoms with Crippen LogP contribution in [-0.2, 0) is 14.4 Å². The van der Waals surface area contributed by atoms with E-state index in [-0.39, 0.29) is 30.2 Å². The number of imide groups is 1. The lowest BCUT2D eigenvalue weighted by molar-refractivity contribution is -0.126. The van der Waals surface area contributed by atoms with Gasteiger partial charge in [0.2, 0.25) is 17.7 Å². The van der Waals surface area contributed by atoms with Crippen LogP contribution in [0.25, 0.3) is 0 Å². The van der Waals surface area contributed by atoms with Gasteiger partial charge in [0.25, 0.3) is 0 Å². The molecular weight excluding hydrogens is 350 g/mol. The molecule has 0 aliphatic carbocycles. The van der Waals surface area contributed by atoms with Crippen LogP contribution < -0.4 is 16.0 Å². The number of carbonyl (C=O) groups is 3. The first kappa shape index (κ1) is 16.6. The van der Waals surface area contributed by atoms with Crippen molar-refractivity contribution in [2.75, 3.05) is 18.4 Å². The smallest absolute Gasteiger partial charge is 0.238 e. The molecular formula is C15H18BrN3O3. The Labute approximate surface area is 137 Å². The summed E-state index contributed by atoms with van der Waals surface area (Å²) in [6.45, 7) is 3.99. The van der Waals surface area contributed by atoms with Crippen LogP contribution in [0.5, 0.6) is 0 Å². The molecule has 6 nitrogen and oxygen atoms in total.